The van der Waals surface area contributed by atoms with Gasteiger partial charge in [0.05, 0.1) is 0 Å². The number of carbonyl (C=O) groups is 1. The average Bonchev–Trinajstić information content (AvgIpc) is 2.43. The van der Waals surface area contributed by atoms with E-state index >= 15 is 0 Å². The predicted molar refractivity (Wildman–Crippen MR) is 79.6 cm³/mol. The predicted octanol–water partition coefficient (Wildman–Crippen LogP) is 4.86. The Kier molecular flexibility index (Phi) is 4.43. The number of rotatable bonds is 4. The molecule has 0 radical (unpaired) electrons. The lowest BCUT2D eigenvalue weighted by Gasteiger charge is -2.11. The van der Waals surface area contributed by atoms with E-state index in [2.05, 4.69) is 0 Å². The van der Waals surface area contributed by atoms with Gasteiger partial charge in [-0.2, -0.15) is 0 Å². The van der Waals surface area contributed by atoms with E-state index in [1.54, 1.807) is 18.2 Å². The zero-order chi connectivity index (χ0) is 14.5. The first-order chi connectivity index (χ1) is 9.61. The zero-order valence-corrected chi connectivity index (χ0v) is 11.6. The highest BCUT2D eigenvalue weighted by Crippen LogP contribution is 2.30. The molecule has 0 bridgehead atoms. The number of ether oxygens (including phenoxy) is 1. The maximum atomic E-state index is 11.2. The van der Waals surface area contributed by atoms with Gasteiger partial charge in [0, 0.05) is 10.6 Å². The number of para-hydroxylation sites is 1. The Bertz CT molecular complexity index is 663. The molecule has 0 aromatic heterocycles. The molecule has 4 heteroatoms. The first-order valence-corrected chi connectivity index (χ1v) is 6.42. The summed E-state index contributed by atoms with van der Waals surface area (Å²) in [4.78, 5) is 11.2. The van der Waals surface area contributed by atoms with Crippen LogP contribution in [0.25, 0.3) is 6.08 Å². The summed E-state index contributed by atoms with van der Waals surface area (Å²) < 4.78 is 5.72. The third kappa shape index (κ3) is 3.19. The fourth-order valence-corrected chi connectivity index (χ4v) is 1.94. The van der Waals surface area contributed by atoms with Gasteiger partial charge in [0.25, 0.3) is 0 Å². The van der Waals surface area contributed by atoms with Gasteiger partial charge in [-0.05, 0) is 31.2 Å². The van der Waals surface area contributed by atoms with Crippen LogP contribution in [0.15, 0.2) is 48.5 Å². The van der Waals surface area contributed by atoms with Crippen LogP contribution in [-0.2, 0) is 0 Å². The van der Waals surface area contributed by atoms with Crippen molar-refractivity contribution >= 4 is 23.6 Å². The van der Waals surface area contributed by atoms with Crippen LogP contribution in [0.3, 0.4) is 0 Å². The Labute approximate surface area is 122 Å². The molecule has 20 heavy (non-hydrogen) atoms. The Balaban J connectivity index is 2.42. The molecule has 0 aliphatic carbocycles. The van der Waals surface area contributed by atoms with Gasteiger partial charge >= 0.3 is 5.97 Å². The van der Waals surface area contributed by atoms with E-state index in [9.17, 15) is 9.90 Å². The van der Waals surface area contributed by atoms with Crippen molar-refractivity contribution in [3.05, 3.63) is 64.7 Å². The van der Waals surface area contributed by atoms with Crippen molar-refractivity contribution in [2.45, 2.75) is 6.92 Å². The normalized spacial score (nSPS) is 10.7. The third-order valence-corrected chi connectivity index (χ3v) is 2.89. The van der Waals surface area contributed by atoms with Crippen LogP contribution < -0.4 is 4.74 Å². The van der Waals surface area contributed by atoms with E-state index in [-0.39, 0.29) is 11.3 Å². The van der Waals surface area contributed by atoms with Crippen LogP contribution in [0, 0.1) is 0 Å². The van der Waals surface area contributed by atoms with Gasteiger partial charge in [-0.1, -0.05) is 42.0 Å². The molecule has 0 aliphatic rings. The highest BCUT2D eigenvalue weighted by molar-refractivity contribution is 6.31. The van der Waals surface area contributed by atoms with Gasteiger partial charge in [0.1, 0.15) is 17.1 Å². The molecule has 2 aromatic carbocycles. The van der Waals surface area contributed by atoms with Gasteiger partial charge in [0.15, 0.2) is 0 Å². The topological polar surface area (TPSA) is 46.5 Å². The second-order valence-corrected chi connectivity index (χ2v) is 4.52. The van der Waals surface area contributed by atoms with Crippen LogP contribution >= 0.6 is 11.6 Å². The summed E-state index contributed by atoms with van der Waals surface area (Å²) in [6.07, 6.45) is 3.79. The molecule has 1 N–H and O–H groups in total. The Hall–Kier alpha value is -2.26. The van der Waals surface area contributed by atoms with Crippen LogP contribution in [0.4, 0.5) is 0 Å². The zero-order valence-electron chi connectivity index (χ0n) is 10.8. The quantitative estimate of drug-likeness (QED) is 0.873. The molecule has 0 aliphatic heterocycles. The van der Waals surface area contributed by atoms with Crippen molar-refractivity contribution in [3.63, 3.8) is 0 Å². The van der Waals surface area contributed by atoms with Crippen molar-refractivity contribution in [3.8, 4) is 11.5 Å². The number of carboxylic acids is 1. The van der Waals surface area contributed by atoms with Crippen LogP contribution in [0.1, 0.15) is 22.8 Å². The second kappa shape index (κ2) is 6.26. The van der Waals surface area contributed by atoms with E-state index in [4.69, 9.17) is 16.3 Å². The van der Waals surface area contributed by atoms with Crippen molar-refractivity contribution < 1.29 is 14.6 Å². The van der Waals surface area contributed by atoms with Gasteiger partial charge in [-0.25, -0.2) is 4.79 Å². The van der Waals surface area contributed by atoms with E-state index in [1.165, 1.54) is 6.07 Å². The minimum atomic E-state index is -1.08. The molecule has 0 atom stereocenters. The summed E-state index contributed by atoms with van der Waals surface area (Å²) in [7, 11) is 0. The molecule has 102 valence electrons. The molecule has 0 amide bonds. The maximum absolute atomic E-state index is 11.2. The fraction of sp³-hybridized carbons (Fsp3) is 0.0625. The largest absolute Gasteiger partial charge is 0.478 e. The van der Waals surface area contributed by atoms with Crippen molar-refractivity contribution in [2.24, 2.45) is 0 Å². The number of aromatic carboxylic acids is 1. The lowest BCUT2D eigenvalue weighted by atomic mass is 10.1. The Morgan fingerprint density at radius 1 is 1.20 bits per heavy atom. The van der Waals surface area contributed by atoms with Gasteiger partial charge in [0.2, 0.25) is 0 Å². The highest BCUT2D eigenvalue weighted by Gasteiger charge is 2.13. The molecular weight excluding hydrogens is 276 g/mol. The first-order valence-electron chi connectivity index (χ1n) is 6.04. The fourth-order valence-electron chi connectivity index (χ4n) is 1.77. The smallest absolute Gasteiger partial charge is 0.339 e. The molecule has 2 aromatic rings. The number of carboxylic acid groups (broad SMARTS) is 1. The number of halogens is 1. The summed E-state index contributed by atoms with van der Waals surface area (Å²) in [5, 5.41) is 9.55. The standard InChI is InChI=1S/C16H13ClO3/c1-2-5-11-6-3-4-7-14(11)20-15-9-8-12(17)10-13(15)16(18)19/h2-10H,1H3,(H,18,19). The number of allylic oxidation sites excluding steroid dienone is 1. The van der Waals surface area contributed by atoms with Gasteiger partial charge in [-0.15, -0.1) is 0 Å². The highest BCUT2D eigenvalue weighted by atomic mass is 35.5. The van der Waals surface area contributed by atoms with Crippen molar-refractivity contribution in [1.82, 2.24) is 0 Å². The van der Waals surface area contributed by atoms with E-state index in [0.29, 0.717) is 10.8 Å². The maximum Gasteiger partial charge on any atom is 0.339 e. The summed E-state index contributed by atoms with van der Waals surface area (Å²) in [6, 6.07) is 11.9. The van der Waals surface area contributed by atoms with Gasteiger partial charge < -0.3 is 9.84 Å². The first kappa shape index (κ1) is 14.2. The SMILES string of the molecule is CC=Cc1ccccc1Oc1ccc(Cl)cc1C(=O)O. The molecular formula is C16H13ClO3. The monoisotopic (exact) mass is 288 g/mol. The number of hydrogen-bond donors (Lipinski definition) is 1. The third-order valence-electron chi connectivity index (χ3n) is 2.66. The minimum absolute atomic E-state index is 0.0350. The molecule has 0 saturated carbocycles. The van der Waals surface area contributed by atoms with Gasteiger partial charge in [-0.3, -0.25) is 0 Å². The summed E-state index contributed by atoms with van der Waals surface area (Å²) in [5.74, 6) is -0.222. The number of hydrogen-bond acceptors (Lipinski definition) is 2. The van der Waals surface area contributed by atoms with Crippen LogP contribution in [-0.4, -0.2) is 11.1 Å². The van der Waals surface area contributed by atoms with E-state index < -0.39 is 5.97 Å². The lowest BCUT2D eigenvalue weighted by Crippen LogP contribution is -2.00. The van der Waals surface area contributed by atoms with E-state index in [1.807, 2.05) is 37.3 Å². The lowest BCUT2D eigenvalue weighted by molar-refractivity contribution is 0.0694. The summed E-state index contributed by atoms with van der Waals surface area (Å²) in [6.45, 7) is 1.90. The molecule has 3 nitrogen and oxygen atoms in total. The molecule has 0 spiro atoms. The second-order valence-electron chi connectivity index (χ2n) is 4.09. The van der Waals surface area contributed by atoms with Crippen LogP contribution in [0.5, 0.6) is 11.5 Å². The average molecular weight is 289 g/mol. The Morgan fingerprint density at radius 2 is 1.95 bits per heavy atom. The molecule has 0 heterocycles. The number of benzene rings is 2. The van der Waals surface area contributed by atoms with E-state index in [0.717, 1.165) is 5.56 Å². The molecule has 0 saturated heterocycles. The molecule has 0 fully saturated rings. The Morgan fingerprint density at radius 3 is 2.65 bits per heavy atom. The molecule has 2 rings (SSSR count). The molecule has 0 unspecified atom stereocenters. The van der Waals surface area contributed by atoms with Crippen molar-refractivity contribution in [2.75, 3.05) is 0 Å². The van der Waals surface area contributed by atoms with Crippen LogP contribution in [0.2, 0.25) is 5.02 Å². The summed E-state index contributed by atoms with van der Waals surface area (Å²) in [5.41, 5.74) is 0.911. The summed E-state index contributed by atoms with van der Waals surface area (Å²) >= 11 is 5.81. The minimum Gasteiger partial charge on any atom is -0.478 e. The van der Waals surface area contributed by atoms with Crippen molar-refractivity contribution in [1.29, 1.82) is 0 Å².